The van der Waals surface area contributed by atoms with Gasteiger partial charge in [0, 0.05) is 13.0 Å². The van der Waals surface area contributed by atoms with E-state index < -0.39 is 11.9 Å². The zero-order chi connectivity index (χ0) is 29.5. The Bertz CT molecular complexity index is 1120. The van der Waals surface area contributed by atoms with Crippen molar-refractivity contribution in [1.29, 1.82) is 0 Å². The second-order valence-corrected chi connectivity index (χ2v) is 10.9. The molecule has 2 aromatic rings. The van der Waals surface area contributed by atoms with Crippen LogP contribution in [0.1, 0.15) is 82.9 Å². The first-order chi connectivity index (χ1) is 19.1. The van der Waals surface area contributed by atoms with E-state index in [2.05, 4.69) is 50.5 Å². The second-order valence-electron chi connectivity index (χ2n) is 10.9. The molecule has 7 nitrogen and oxygen atoms in total. The summed E-state index contributed by atoms with van der Waals surface area (Å²) in [5, 5.41) is 5.58. The van der Waals surface area contributed by atoms with Gasteiger partial charge in [-0.2, -0.15) is 0 Å². The number of methoxy groups -OCH3 is 1. The van der Waals surface area contributed by atoms with E-state index >= 15 is 0 Å². The lowest BCUT2D eigenvalue weighted by Crippen LogP contribution is -2.34. The Kier molecular flexibility index (Phi) is 14.0. The summed E-state index contributed by atoms with van der Waals surface area (Å²) in [4.78, 5) is 37.2. The molecular formula is C33H46N2O5. The fourth-order valence-electron chi connectivity index (χ4n) is 4.15. The summed E-state index contributed by atoms with van der Waals surface area (Å²) < 4.78 is 10.8. The number of carbonyl (C=O) groups is 3. The van der Waals surface area contributed by atoms with Gasteiger partial charge in [0.2, 0.25) is 11.8 Å². The zero-order valence-corrected chi connectivity index (χ0v) is 24.9. The highest BCUT2D eigenvalue weighted by molar-refractivity contribution is 5.87. The number of nitrogens with one attached hydrogen (secondary N) is 2. The van der Waals surface area contributed by atoms with Crippen LogP contribution < -0.4 is 20.1 Å². The summed E-state index contributed by atoms with van der Waals surface area (Å²) in [5.74, 6) is 0.487. The predicted octanol–water partition coefficient (Wildman–Crippen LogP) is 6.11. The number of esters is 1. The summed E-state index contributed by atoms with van der Waals surface area (Å²) >= 11 is 0. The van der Waals surface area contributed by atoms with E-state index in [9.17, 15) is 14.4 Å². The topological polar surface area (TPSA) is 93.7 Å². The molecule has 2 rings (SSSR count). The van der Waals surface area contributed by atoms with Gasteiger partial charge >= 0.3 is 5.97 Å². The van der Waals surface area contributed by atoms with Crippen molar-refractivity contribution in [1.82, 2.24) is 10.6 Å². The van der Waals surface area contributed by atoms with Crippen LogP contribution in [0, 0.1) is 11.8 Å². The molecule has 1 unspecified atom stereocenters. The molecule has 0 aromatic heterocycles. The molecule has 218 valence electrons. The minimum absolute atomic E-state index is 0.00113. The van der Waals surface area contributed by atoms with E-state index in [1.165, 1.54) is 12.7 Å². The molecular weight excluding hydrogens is 504 g/mol. The van der Waals surface area contributed by atoms with Crippen molar-refractivity contribution in [3.63, 3.8) is 0 Å². The van der Waals surface area contributed by atoms with Gasteiger partial charge in [0.25, 0.3) is 0 Å². The van der Waals surface area contributed by atoms with E-state index in [1.54, 1.807) is 18.2 Å². The van der Waals surface area contributed by atoms with Crippen LogP contribution in [0.3, 0.4) is 0 Å². The summed E-state index contributed by atoms with van der Waals surface area (Å²) in [6, 6.07) is 13.1. The maximum absolute atomic E-state index is 12.6. The van der Waals surface area contributed by atoms with Gasteiger partial charge in [-0.15, -0.1) is 0 Å². The number of allylic oxidation sites excluding steroid dienone is 2. The molecule has 0 spiro atoms. The molecule has 0 aliphatic heterocycles. The van der Waals surface area contributed by atoms with Crippen LogP contribution in [-0.2, 0) is 27.3 Å². The lowest BCUT2D eigenvalue weighted by molar-refractivity contribution is -0.135. The number of ether oxygens (including phenoxy) is 2. The Balaban J connectivity index is 1.79. The molecule has 0 aliphatic carbocycles. The second kappa shape index (κ2) is 17.2. The number of rotatable bonds is 16. The van der Waals surface area contributed by atoms with Gasteiger partial charge in [-0.3, -0.25) is 9.59 Å². The molecule has 0 radical (unpaired) electrons. The highest BCUT2D eigenvalue weighted by atomic mass is 16.6. The van der Waals surface area contributed by atoms with Crippen molar-refractivity contribution in [2.45, 2.75) is 79.2 Å². The molecule has 2 amide bonds. The standard InChI is InChI=1S/C33H46N2O5/c1-23(2)11-9-7-8-10-12-31(36)34-21-27-15-18-29(30(20-27)39-6)40-32(37)22-35-33(38)25(5)28-16-13-26(14-17-28)19-24(3)4/h9,11,13-18,20,23-25H,7-8,10,12,19,21-22H2,1-6H3,(H,34,36)(H,35,38). The first-order valence-electron chi connectivity index (χ1n) is 14.3. The van der Waals surface area contributed by atoms with Crippen LogP contribution in [0.15, 0.2) is 54.6 Å². The monoisotopic (exact) mass is 550 g/mol. The lowest BCUT2D eigenvalue weighted by atomic mass is 9.96. The van der Waals surface area contributed by atoms with Gasteiger partial charge in [-0.1, -0.05) is 70.2 Å². The molecule has 2 aromatic carbocycles. The highest BCUT2D eigenvalue weighted by Gasteiger charge is 2.18. The van der Waals surface area contributed by atoms with Crippen molar-refractivity contribution < 1.29 is 23.9 Å². The Morgan fingerprint density at radius 2 is 1.57 bits per heavy atom. The molecule has 0 saturated heterocycles. The average Bonchev–Trinajstić information content (AvgIpc) is 2.92. The molecule has 0 bridgehead atoms. The molecule has 7 heteroatoms. The molecule has 0 saturated carbocycles. The number of unbranched alkanes of at least 4 members (excludes halogenated alkanes) is 2. The quantitative estimate of drug-likeness (QED) is 0.114. The third-order valence-corrected chi connectivity index (χ3v) is 6.41. The summed E-state index contributed by atoms with van der Waals surface area (Å²) in [7, 11) is 1.48. The number of benzene rings is 2. The van der Waals surface area contributed by atoms with Crippen molar-refractivity contribution >= 4 is 17.8 Å². The fourth-order valence-corrected chi connectivity index (χ4v) is 4.15. The molecule has 0 fully saturated rings. The Morgan fingerprint density at radius 3 is 2.23 bits per heavy atom. The molecule has 2 N–H and O–H groups in total. The van der Waals surface area contributed by atoms with E-state index in [0.717, 1.165) is 36.8 Å². The van der Waals surface area contributed by atoms with Gasteiger partial charge in [-0.25, -0.2) is 4.79 Å². The van der Waals surface area contributed by atoms with Crippen LogP contribution in [0.25, 0.3) is 0 Å². The van der Waals surface area contributed by atoms with Gasteiger partial charge in [0.1, 0.15) is 6.54 Å². The van der Waals surface area contributed by atoms with Crippen molar-refractivity contribution in [3.05, 3.63) is 71.3 Å². The molecule has 40 heavy (non-hydrogen) atoms. The Hall–Kier alpha value is -3.61. The van der Waals surface area contributed by atoms with E-state index in [0.29, 0.717) is 30.6 Å². The highest BCUT2D eigenvalue weighted by Crippen LogP contribution is 2.28. The minimum atomic E-state index is -0.601. The van der Waals surface area contributed by atoms with Gasteiger partial charge < -0.3 is 20.1 Å². The van der Waals surface area contributed by atoms with Crippen molar-refractivity contribution in [2.75, 3.05) is 13.7 Å². The van der Waals surface area contributed by atoms with Crippen molar-refractivity contribution in [3.8, 4) is 11.5 Å². The van der Waals surface area contributed by atoms with Crippen LogP contribution in [0.2, 0.25) is 0 Å². The maximum atomic E-state index is 12.6. The predicted molar refractivity (Wildman–Crippen MR) is 159 cm³/mol. The largest absolute Gasteiger partial charge is 0.493 e. The molecule has 0 aliphatic rings. The third kappa shape index (κ3) is 12.1. The van der Waals surface area contributed by atoms with Gasteiger partial charge in [0.05, 0.1) is 13.0 Å². The number of amides is 2. The Morgan fingerprint density at radius 1 is 0.875 bits per heavy atom. The van der Waals surface area contributed by atoms with Crippen LogP contribution in [0.5, 0.6) is 11.5 Å². The molecule has 1 atom stereocenters. The van der Waals surface area contributed by atoms with Crippen LogP contribution in [-0.4, -0.2) is 31.4 Å². The number of hydrogen-bond donors (Lipinski definition) is 2. The third-order valence-electron chi connectivity index (χ3n) is 6.41. The summed E-state index contributed by atoms with van der Waals surface area (Å²) in [5.41, 5.74) is 2.95. The summed E-state index contributed by atoms with van der Waals surface area (Å²) in [6.45, 7) is 10.5. The molecule has 0 heterocycles. The minimum Gasteiger partial charge on any atom is -0.493 e. The van der Waals surface area contributed by atoms with E-state index in [-0.39, 0.29) is 24.1 Å². The SMILES string of the molecule is COc1cc(CNC(=O)CCCCC=CC(C)C)ccc1OC(=O)CNC(=O)C(C)c1ccc(CC(C)C)cc1. The van der Waals surface area contributed by atoms with Crippen LogP contribution in [0.4, 0.5) is 0 Å². The smallest absolute Gasteiger partial charge is 0.330 e. The van der Waals surface area contributed by atoms with E-state index in [4.69, 9.17) is 9.47 Å². The van der Waals surface area contributed by atoms with Crippen molar-refractivity contribution in [2.24, 2.45) is 11.8 Å². The Labute approximate surface area is 239 Å². The first kappa shape index (κ1) is 32.6. The number of hydrogen-bond acceptors (Lipinski definition) is 5. The lowest BCUT2D eigenvalue weighted by Gasteiger charge is -2.14. The van der Waals surface area contributed by atoms with E-state index in [1.807, 2.05) is 31.2 Å². The first-order valence-corrected chi connectivity index (χ1v) is 14.3. The summed E-state index contributed by atoms with van der Waals surface area (Å²) in [6.07, 6.45) is 8.63. The van der Waals surface area contributed by atoms with Crippen LogP contribution >= 0.6 is 0 Å². The normalized spacial score (nSPS) is 12.0. The van der Waals surface area contributed by atoms with Gasteiger partial charge in [0.15, 0.2) is 11.5 Å². The van der Waals surface area contributed by atoms with Gasteiger partial charge in [-0.05, 0) is 73.3 Å². The average molecular weight is 551 g/mol. The number of carbonyl (C=O) groups excluding carboxylic acids is 3. The fraction of sp³-hybridized carbons (Fsp3) is 0.485. The maximum Gasteiger partial charge on any atom is 0.330 e. The zero-order valence-electron chi connectivity index (χ0n) is 24.9.